The molecule has 0 aliphatic heterocycles. The summed E-state index contributed by atoms with van der Waals surface area (Å²) in [7, 11) is 0. The second-order valence-electron chi connectivity index (χ2n) is 3.37. The summed E-state index contributed by atoms with van der Waals surface area (Å²) in [5, 5.41) is 6.78. The quantitative estimate of drug-likeness (QED) is 0.591. The third-order valence-corrected chi connectivity index (χ3v) is 2.44. The molecule has 0 aromatic rings. The van der Waals surface area contributed by atoms with Crippen molar-refractivity contribution in [2.75, 3.05) is 13.1 Å². The van der Waals surface area contributed by atoms with E-state index in [1.165, 1.54) is 37.8 Å². The van der Waals surface area contributed by atoms with E-state index in [1.54, 1.807) is 0 Å². The van der Waals surface area contributed by atoms with Crippen LogP contribution < -0.4 is 0 Å². The summed E-state index contributed by atoms with van der Waals surface area (Å²) in [4.78, 5) is 0. The number of rotatable bonds is 3. The third kappa shape index (κ3) is 2.84. The maximum absolute atomic E-state index is 4.62. The van der Waals surface area contributed by atoms with Crippen LogP contribution in [-0.2, 0) is 0 Å². The fourth-order valence-corrected chi connectivity index (χ4v) is 1.62. The molecular weight excluding hydrogens is 148 g/mol. The van der Waals surface area contributed by atoms with Gasteiger partial charge in [-0.05, 0) is 39.5 Å². The lowest BCUT2D eigenvalue weighted by atomic mass is 9.99. The first kappa shape index (κ1) is 9.56. The zero-order valence-electron chi connectivity index (χ0n) is 8.34. The second kappa shape index (κ2) is 5.18. The fourth-order valence-electron chi connectivity index (χ4n) is 1.62. The molecule has 1 aliphatic rings. The average Bonchev–Trinajstić information content (AvgIpc) is 2.16. The lowest BCUT2D eigenvalue weighted by Gasteiger charge is -2.19. The lowest BCUT2D eigenvalue weighted by molar-refractivity contribution is 0.318. The molecule has 0 radical (unpaired) electrons. The van der Waals surface area contributed by atoms with Crippen LogP contribution in [0.1, 0.15) is 46.0 Å². The van der Waals surface area contributed by atoms with Gasteiger partial charge in [0.1, 0.15) is 0 Å². The molecular formula is C10H20N2. The Morgan fingerprint density at radius 1 is 1.08 bits per heavy atom. The molecule has 0 aromatic carbocycles. The van der Waals surface area contributed by atoms with E-state index in [9.17, 15) is 0 Å². The standard InChI is InChI=1S/C10H20N2/c1-3-12(4-2)11-10-8-6-5-7-9-10/h3-9H2,1-2H3. The van der Waals surface area contributed by atoms with Crippen LogP contribution in [0.4, 0.5) is 0 Å². The molecule has 2 nitrogen and oxygen atoms in total. The van der Waals surface area contributed by atoms with Gasteiger partial charge < -0.3 is 0 Å². The van der Waals surface area contributed by atoms with Gasteiger partial charge in [0.15, 0.2) is 0 Å². The summed E-state index contributed by atoms with van der Waals surface area (Å²) in [6.45, 7) is 6.41. The zero-order valence-corrected chi connectivity index (χ0v) is 8.34. The van der Waals surface area contributed by atoms with E-state index in [0.29, 0.717) is 0 Å². The van der Waals surface area contributed by atoms with Crippen molar-refractivity contribution >= 4 is 5.71 Å². The van der Waals surface area contributed by atoms with Crippen molar-refractivity contribution in [3.8, 4) is 0 Å². The van der Waals surface area contributed by atoms with Crippen molar-refractivity contribution in [1.82, 2.24) is 5.01 Å². The molecule has 1 aliphatic carbocycles. The number of hydrogen-bond donors (Lipinski definition) is 0. The summed E-state index contributed by atoms with van der Waals surface area (Å²) in [6, 6.07) is 0. The number of nitrogens with zero attached hydrogens (tertiary/aromatic N) is 2. The van der Waals surface area contributed by atoms with E-state index >= 15 is 0 Å². The Kier molecular flexibility index (Phi) is 4.12. The normalized spacial score (nSPS) is 17.7. The highest BCUT2D eigenvalue weighted by Gasteiger charge is 2.07. The van der Waals surface area contributed by atoms with Crippen molar-refractivity contribution in [3.63, 3.8) is 0 Å². The second-order valence-corrected chi connectivity index (χ2v) is 3.37. The highest BCUT2D eigenvalue weighted by atomic mass is 15.4. The molecule has 0 bridgehead atoms. The Labute approximate surface area is 75.6 Å². The Balaban J connectivity index is 2.41. The van der Waals surface area contributed by atoms with Crippen LogP contribution in [0.5, 0.6) is 0 Å². The smallest absolute Gasteiger partial charge is 0.0380 e. The molecule has 2 heteroatoms. The molecule has 1 fully saturated rings. The maximum atomic E-state index is 4.62. The van der Waals surface area contributed by atoms with Gasteiger partial charge in [0.25, 0.3) is 0 Å². The highest BCUT2D eigenvalue weighted by molar-refractivity contribution is 5.84. The Morgan fingerprint density at radius 2 is 1.67 bits per heavy atom. The van der Waals surface area contributed by atoms with Crippen molar-refractivity contribution in [1.29, 1.82) is 0 Å². The summed E-state index contributed by atoms with van der Waals surface area (Å²) >= 11 is 0. The van der Waals surface area contributed by atoms with Crippen molar-refractivity contribution < 1.29 is 0 Å². The maximum Gasteiger partial charge on any atom is 0.0380 e. The summed E-state index contributed by atoms with van der Waals surface area (Å²) in [5.74, 6) is 0. The molecule has 0 spiro atoms. The monoisotopic (exact) mass is 168 g/mol. The zero-order chi connectivity index (χ0) is 8.81. The van der Waals surface area contributed by atoms with E-state index in [4.69, 9.17) is 0 Å². The Bertz CT molecular complexity index is 140. The van der Waals surface area contributed by atoms with Gasteiger partial charge in [-0.3, -0.25) is 5.01 Å². The summed E-state index contributed by atoms with van der Waals surface area (Å²) < 4.78 is 0. The molecule has 0 aromatic heterocycles. The molecule has 1 saturated carbocycles. The highest BCUT2D eigenvalue weighted by Crippen LogP contribution is 2.15. The van der Waals surface area contributed by atoms with Crippen LogP contribution in [-0.4, -0.2) is 23.8 Å². The van der Waals surface area contributed by atoms with Gasteiger partial charge in [0.05, 0.1) is 0 Å². The predicted molar refractivity (Wildman–Crippen MR) is 53.4 cm³/mol. The Morgan fingerprint density at radius 3 is 2.17 bits per heavy atom. The molecule has 70 valence electrons. The van der Waals surface area contributed by atoms with Crippen LogP contribution in [0, 0.1) is 0 Å². The fraction of sp³-hybridized carbons (Fsp3) is 0.900. The van der Waals surface area contributed by atoms with Gasteiger partial charge in [-0.15, -0.1) is 0 Å². The SMILES string of the molecule is CCN(CC)N=C1CCCCC1. The first-order valence-electron chi connectivity index (χ1n) is 5.18. The van der Waals surface area contributed by atoms with E-state index < -0.39 is 0 Å². The first-order valence-corrected chi connectivity index (χ1v) is 5.18. The molecule has 0 atom stereocenters. The van der Waals surface area contributed by atoms with Crippen LogP contribution in [0.3, 0.4) is 0 Å². The van der Waals surface area contributed by atoms with Crippen LogP contribution in [0.25, 0.3) is 0 Å². The largest absolute Gasteiger partial charge is 0.298 e. The number of hydrazone groups is 1. The van der Waals surface area contributed by atoms with E-state index in [-0.39, 0.29) is 0 Å². The molecule has 1 rings (SSSR count). The third-order valence-electron chi connectivity index (χ3n) is 2.44. The van der Waals surface area contributed by atoms with Gasteiger partial charge in [-0.1, -0.05) is 6.42 Å². The van der Waals surface area contributed by atoms with Crippen molar-refractivity contribution in [2.24, 2.45) is 5.10 Å². The van der Waals surface area contributed by atoms with Crippen LogP contribution in [0.15, 0.2) is 5.10 Å². The average molecular weight is 168 g/mol. The molecule has 0 saturated heterocycles. The lowest BCUT2D eigenvalue weighted by Crippen LogP contribution is -2.19. The van der Waals surface area contributed by atoms with E-state index in [0.717, 1.165) is 13.1 Å². The molecule has 0 amide bonds. The van der Waals surface area contributed by atoms with Gasteiger partial charge in [-0.2, -0.15) is 5.10 Å². The topological polar surface area (TPSA) is 15.6 Å². The van der Waals surface area contributed by atoms with Gasteiger partial charge in [-0.25, -0.2) is 0 Å². The summed E-state index contributed by atoms with van der Waals surface area (Å²) in [5.41, 5.74) is 1.42. The molecule has 12 heavy (non-hydrogen) atoms. The molecule has 0 heterocycles. The minimum Gasteiger partial charge on any atom is -0.298 e. The first-order chi connectivity index (χ1) is 5.86. The van der Waals surface area contributed by atoms with Gasteiger partial charge >= 0.3 is 0 Å². The predicted octanol–water partition coefficient (Wildman–Crippen LogP) is 2.65. The van der Waals surface area contributed by atoms with Crippen molar-refractivity contribution in [2.45, 2.75) is 46.0 Å². The van der Waals surface area contributed by atoms with Crippen LogP contribution in [0.2, 0.25) is 0 Å². The number of hydrogen-bond acceptors (Lipinski definition) is 2. The summed E-state index contributed by atoms with van der Waals surface area (Å²) in [6.07, 6.45) is 6.56. The minimum atomic E-state index is 1.04. The molecule has 0 N–H and O–H groups in total. The van der Waals surface area contributed by atoms with Gasteiger partial charge in [0, 0.05) is 18.8 Å². The van der Waals surface area contributed by atoms with E-state index in [2.05, 4.69) is 24.0 Å². The Hall–Kier alpha value is -0.530. The molecule has 0 unspecified atom stereocenters. The minimum absolute atomic E-state index is 1.04. The van der Waals surface area contributed by atoms with Crippen molar-refractivity contribution in [3.05, 3.63) is 0 Å². The van der Waals surface area contributed by atoms with Gasteiger partial charge in [0.2, 0.25) is 0 Å². The van der Waals surface area contributed by atoms with E-state index in [1.807, 2.05) is 0 Å². The van der Waals surface area contributed by atoms with Crippen LogP contribution >= 0.6 is 0 Å².